The Kier molecular flexibility index (Phi) is 11.6. The molecule has 0 heterocycles. The molecule has 0 fully saturated rings. The molecule has 0 aliphatic carbocycles. The first-order valence-corrected chi connectivity index (χ1v) is 16.5. The van der Waals surface area contributed by atoms with E-state index in [9.17, 15) is 28.1 Å². The van der Waals surface area contributed by atoms with Crippen LogP contribution in [0.2, 0.25) is 5.02 Å². The normalized spacial score (nSPS) is 11.7. The smallest absolute Gasteiger partial charge is 0.273 e. The zero-order chi connectivity index (χ0) is 35.0. The van der Waals surface area contributed by atoms with Gasteiger partial charge in [0.15, 0.2) is 0 Å². The zero-order valence-electron chi connectivity index (χ0n) is 26.8. The number of aryl methyl sites for hydroxylation is 1. The lowest BCUT2D eigenvalue weighted by Crippen LogP contribution is -2.53. The fourth-order valence-electron chi connectivity index (χ4n) is 5.13. The monoisotopic (exact) mass is 694 g/mol. The van der Waals surface area contributed by atoms with E-state index < -0.39 is 49.9 Å². The van der Waals surface area contributed by atoms with Gasteiger partial charge < -0.3 is 19.7 Å². The van der Waals surface area contributed by atoms with Gasteiger partial charge in [0.2, 0.25) is 11.8 Å². The van der Waals surface area contributed by atoms with Crippen LogP contribution in [0.4, 0.5) is 11.4 Å². The molecule has 4 aromatic carbocycles. The highest BCUT2D eigenvalue weighted by Gasteiger charge is 2.36. The molecule has 14 heteroatoms. The largest absolute Gasteiger partial charge is 0.497 e. The van der Waals surface area contributed by atoms with E-state index in [1.165, 1.54) is 63.4 Å². The van der Waals surface area contributed by atoms with E-state index in [4.69, 9.17) is 21.1 Å². The SMILES string of the molecule is CNC(=O)[C@@H](Cc1ccccc1)N(Cc1cccc(OC)c1)C(=O)CN(c1cc(Cl)ccc1OC)S(=O)(=O)c1ccc(C)c([N+](=O)[O-])c1. The molecule has 4 aromatic rings. The van der Waals surface area contributed by atoms with E-state index >= 15 is 0 Å². The van der Waals surface area contributed by atoms with Gasteiger partial charge >= 0.3 is 0 Å². The number of nitrogens with one attached hydrogen (secondary N) is 1. The molecule has 0 aliphatic rings. The molecule has 1 N–H and O–H groups in total. The highest BCUT2D eigenvalue weighted by molar-refractivity contribution is 7.92. The Morgan fingerprint density at radius 1 is 0.938 bits per heavy atom. The van der Waals surface area contributed by atoms with Gasteiger partial charge in [-0.3, -0.25) is 24.0 Å². The molecular formula is C34H35ClN4O8S. The van der Waals surface area contributed by atoms with Crippen LogP contribution in [-0.4, -0.2) is 63.9 Å². The molecule has 0 bridgehead atoms. The minimum absolute atomic E-state index is 0.0730. The second-order valence-electron chi connectivity index (χ2n) is 10.7. The standard InChI is InChI=1S/C34H35ClN4O8S/c1-23-13-15-28(20-29(23)39(42)43)48(44,45)38(30-19-26(35)14-16-32(30)47-4)22-33(40)37(21-25-11-8-12-27(17-25)46-3)31(34(41)36-2)18-24-9-6-5-7-10-24/h5-17,19-20,31H,18,21-22H2,1-4H3,(H,36,41)/t31-/m1/s1. The first kappa shape index (κ1) is 35.7. The first-order chi connectivity index (χ1) is 22.9. The third-order valence-corrected chi connectivity index (χ3v) is 9.65. The lowest BCUT2D eigenvalue weighted by atomic mass is 10.0. The van der Waals surface area contributed by atoms with Gasteiger partial charge in [0.05, 0.1) is 29.7 Å². The third-order valence-electron chi connectivity index (χ3n) is 7.66. The average Bonchev–Trinajstić information content (AvgIpc) is 3.08. The van der Waals surface area contributed by atoms with E-state index in [1.54, 1.807) is 24.3 Å². The molecule has 4 rings (SSSR count). The Labute approximate surface area is 284 Å². The molecule has 0 radical (unpaired) electrons. The lowest BCUT2D eigenvalue weighted by molar-refractivity contribution is -0.385. The Morgan fingerprint density at radius 3 is 2.29 bits per heavy atom. The number of ether oxygens (including phenoxy) is 2. The van der Waals surface area contributed by atoms with Crippen molar-refractivity contribution in [3.63, 3.8) is 0 Å². The predicted octanol–water partition coefficient (Wildman–Crippen LogP) is 5.16. The van der Waals surface area contributed by atoms with Crippen LogP contribution in [0.3, 0.4) is 0 Å². The molecule has 2 amide bonds. The molecule has 0 unspecified atom stereocenters. The van der Waals surface area contributed by atoms with Crippen LogP contribution >= 0.6 is 11.6 Å². The van der Waals surface area contributed by atoms with E-state index in [2.05, 4.69) is 5.32 Å². The fraction of sp³-hybridized carbons (Fsp3) is 0.235. The number of hydrogen-bond acceptors (Lipinski definition) is 8. The van der Waals surface area contributed by atoms with Crippen molar-refractivity contribution in [1.29, 1.82) is 0 Å². The summed E-state index contributed by atoms with van der Waals surface area (Å²) in [5.74, 6) is -0.620. The number of methoxy groups -OCH3 is 2. The number of benzene rings is 4. The number of amides is 2. The van der Waals surface area contributed by atoms with Crippen molar-refractivity contribution < 1.29 is 32.4 Å². The topological polar surface area (TPSA) is 148 Å². The van der Waals surface area contributed by atoms with Gasteiger partial charge in [0.1, 0.15) is 24.1 Å². The average molecular weight is 695 g/mol. The summed E-state index contributed by atoms with van der Waals surface area (Å²) >= 11 is 6.31. The van der Waals surface area contributed by atoms with Gasteiger partial charge in [-0.2, -0.15) is 0 Å². The maximum absolute atomic E-state index is 14.6. The number of anilines is 1. The van der Waals surface area contributed by atoms with Crippen molar-refractivity contribution in [1.82, 2.24) is 10.2 Å². The quantitative estimate of drug-likeness (QED) is 0.141. The summed E-state index contributed by atoms with van der Waals surface area (Å²) in [4.78, 5) is 40.0. The van der Waals surface area contributed by atoms with E-state index in [0.29, 0.717) is 11.3 Å². The number of hydrogen-bond donors (Lipinski definition) is 1. The number of nitrogens with zero attached hydrogens (tertiary/aromatic N) is 3. The zero-order valence-corrected chi connectivity index (χ0v) is 28.3. The van der Waals surface area contributed by atoms with Crippen molar-refractivity contribution in [3.8, 4) is 11.5 Å². The second-order valence-corrected chi connectivity index (χ2v) is 13.0. The van der Waals surface area contributed by atoms with Crippen molar-refractivity contribution in [3.05, 3.63) is 123 Å². The summed E-state index contributed by atoms with van der Waals surface area (Å²) in [6.45, 7) is 0.586. The van der Waals surface area contributed by atoms with Gasteiger partial charge in [-0.1, -0.05) is 60.1 Å². The Hall–Kier alpha value is -5.14. The van der Waals surface area contributed by atoms with Gasteiger partial charge in [0.25, 0.3) is 15.7 Å². The van der Waals surface area contributed by atoms with E-state index in [1.807, 2.05) is 30.3 Å². The summed E-state index contributed by atoms with van der Waals surface area (Å²) < 4.78 is 40.4. The second kappa shape index (κ2) is 15.6. The van der Waals surface area contributed by atoms with Crippen molar-refractivity contribution in [2.75, 3.05) is 32.1 Å². The summed E-state index contributed by atoms with van der Waals surface area (Å²) in [6.07, 6.45) is 0.119. The molecular weight excluding hydrogens is 660 g/mol. The molecule has 48 heavy (non-hydrogen) atoms. The Bertz CT molecular complexity index is 1910. The van der Waals surface area contributed by atoms with Crippen LogP contribution in [0.1, 0.15) is 16.7 Å². The number of likely N-dealkylation sites (N-methyl/N-ethyl adjacent to an activating group) is 1. The van der Waals surface area contributed by atoms with Gasteiger partial charge in [-0.05, 0) is 54.4 Å². The van der Waals surface area contributed by atoms with E-state index in [0.717, 1.165) is 15.9 Å². The molecule has 0 aromatic heterocycles. The minimum atomic E-state index is -4.68. The van der Waals surface area contributed by atoms with Crippen molar-refractivity contribution >= 4 is 44.8 Å². The third kappa shape index (κ3) is 8.22. The molecule has 252 valence electrons. The number of rotatable bonds is 14. The van der Waals surface area contributed by atoms with E-state index in [-0.39, 0.29) is 35.0 Å². The number of carbonyl (C=O) groups excluding carboxylic acids is 2. The summed E-state index contributed by atoms with van der Waals surface area (Å²) in [5.41, 5.74) is 1.14. The van der Waals surface area contributed by atoms with Crippen LogP contribution in [-0.2, 0) is 32.6 Å². The van der Waals surface area contributed by atoms with Crippen LogP contribution in [0, 0.1) is 17.0 Å². The number of sulfonamides is 1. The maximum Gasteiger partial charge on any atom is 0.273 e. The number of carbonyl (C=O) groups is 2. The number of nitro benzene ring substituents is 1. The molecule has 0 saturated carbocycles. The molecule has 1 atom stereocenters. The number of nitro groups is 1. The van der Waals surface area contributed by atoms with Crippen LogP contribution < -0.4 is 19.1 Å². The summed E-state index contributed by atoms with van der Waals surface area (Å²) in [7, 11) is -0.398. The fourth-order valence-corrected chi connectivity index (χ4v) is 6.74. The predicted molar refractivity (Wildman–Crippen MR) is 182 cm³/mol. The Balaban J connectivity index is 1.88. The van der Waals surface area contributed by atoms with Gasteiger partial charge in [-0.25, -0.2) is 8.42 Å². The lowest BCUT2D eigenvalue weighted by Gasteiger charge is -2.34. The van der Waals surface area contributed by atoms with Crippen LogP contribution in [0.15, 0.2) is 95.9 Å². The molecule has 12 nitrogen and oxygen atoms in total. The van der Waals surface area contributed by atoms with Gasteiger partial charge in [-0.15, -0.1) is 0 Å². The van der Waals surface area contributed by atoms with Gasteiger partial charge in [0, 0.05) is 36.7 Å². The molecule has 0 spiro atoms. The van der Waals surface area contributed by atoms with Crippen molar-refractivity contribution in [2.24, 2.45) is 0 Å². The highest BCUT2D eigenvalue weighted by Crippen LogP contribution is 2.36. The van der Waals surface area contributed by atoms with Crippen LogP contribution in [0.5, 0.6) is 11.5 Å². The first-order valence-electron chi connectivity index (χ1n) is 14.7. The molecule has 0 aliphatic heterocycles. The molecule has 0 saturated heterocycles. The summed E-state index contributed by atoms with van der Waals surface area (Å²) in [5, 5.41) is 14.5. The number of halogens is 1. The Morgan fingerprint density at radius 2 is 1.65 bits per heavy atom. The minimum Gasteiger partial charge on any atom is -0.497 e. The summed E-state index contributed by atoms with van der Waals surface area (Å²) in [6, 6.07) is 22.7. The van der Waals surface area contributed by atoms with Crippen LogP contribution in [0.25, 0.3) is 0 Å². The highest BCUT2D eigenvalue weighted by atomic mass is 35.5. The van der Waals surface area contributed by atoms with Crippen molar-refractivity contribution in [2.45, 2.75) is 30.8 Å². The maximum atomic E-state index is 14.6.